The molecule has 0 aromatic carbocycles. The van der Waals surface area contributed by atoms with Crippen LogP contribution in [0.25, 0.3) is 0 Å². The van der Waals surface area contributed by atoms with Gasteiger partial charge in [0.2, 0.25) is 0 Å². The largest absolute Gasteiger partial charge is 0.326 e. The van der Waals surface area contributed by atoms with E-state index in [1.807, 2.05) is 0 Å². The van der Waals surface area contributed by atoms with Crippen molar-refractivity contribution in [2.45, 2.75) is 71.9 Å². The molecular formula is C17H26N4. The molecule has 0 N–H and O–H groups in total. The minimum atomic E-state index is 0.525. The summed E-state index contributed by atoms with van der Waals surface area (Å²) in [5.41, 5.74) is 3.91. The molecule has 0 spiro atoms. The van der Waals surface area contributed by atoms with Gasteiger partial charge < -0.3 is 4.57 Å². The monoisotopic (exact) mass is 286 g/mol. The summed E-state index contributed by atoms with van der Waals surface area (Å²) in [6.45, 7) is 7.44. The molecule has 0 unspecified atom stereocenters. The predicted octanol–water partition coefficient (Wildman–Crippen LogP) is 3.68. The second kappa shape index (κ2) is 6.04. The third kappa shape index (κ3) is 2.76. The van der Waals surface area contributed by atoms with E-state index in [9.17, 15) is 0 Å². The highest BCUT2D eigenvalue weighted by atomic mass is 15.3. The first kappa shape index (κ1) is 14.4. The van der Waals surface area contributed by atoms with E-state index in [1.165, 1.54) is 30.7 Å². The molecule has 0 saturated carbocycles. The van der Waals surface area contributed by atoms with Crippen molar-refractivity contribution in [1.82, 2.24) is 19.3 Å². The highest BCUT2D eigenvalue weighted by molar-refractivity contribution is 5.21. The average Bonchev–Trinajstić information content (AvgIpc) is 3.07. The van der Waals surface area contributed by atoms with Gasteiger partial charge in [-0.2, -0.15) is 5.10 Å². The van der Waals surface area contributed by atoms with E-state index >= 15 is 0 Å². The minimum absolute atomic E-state index is 0.525. The number of fused-ring (bicyclic) bond motifs is 1. The summed E-state index contributed by atoms with van der Waals surface area (Å²) in [5.74, 6) is 1.14. The smallest absolute Gasteiger partial charge is 0.106 e. The van der Waals surface area contributed by atoms with Crippen molar-refractivity contribution in [3.8, 4) is 0 Å². The summed E-state index contributed by atoms with van der Waals surface area (Å²) < 4.78 is 4.50. The van der Waals surface area contributed by atoms with Crippen LogP contribution in [0.4, 0.5) is 0 Å². The summed E-state index contributed by atoms with van der Waals surface area (Å²) in [6.07, 6.45) is 9.29. The lowest BCUT2D eigenvalue weighted by atomic mass is 10.0. The maximum atomic E-state index is 4.79. The molecule has 21 heavy (non-hydrogen) atoms. The fourth-order valence-electron chi connectivity index (χ4n) is 3.44. The van der Waals surface area contributed by atoms with Crippen LogP contribution in [0.2, 0.25) is 0 Å². The van der Waals surface area contributed by atoms with Gasteiger partial charge >= 0.3 is 0 Å². The van der Waals surface area contributed by atoms with E-state index in [-0.39, 0.29) is 0 Å². The molecule has 0 atom stereocenters. The Bertz CT molecular complexity index is 604. The number of rotatable bonds is 5. The van der Waals surface area contributed by atoms with Gasteiger partial charge in [-0.15, -0.1) is 0 Å². The van der Waals surface area contributed by atoms with Gasteiger partial charge in [-0.3, -0.25) is 4.68 Å². The Morgan fingerprint density at radius 2 is 1.95 bits per heavy atom. The predicted molar refractivity (Wildman–Crippen MR) is 84.6 cm³/mol. The molecule has 0 bridgehead atoms. The van der Waals surface area contributed by atoms with Crippen LogP contribution in [0.15, 0.2) is 12.3 Å². The van der Waals surface area contributed by atoms with E-state index in [2.05, 4.69) is 42.3 Å². The Morgan fingerprint density at radius 3 is 2.71 bits per heavy atom. The van der Waals surface area contributed by atoms with Crippen molar-refractivity contribution in [1.29, 1.82) is 0 Å². The van der Waals surface area contributed by atoms with E-state index in [1.54, 1.807) is 0 Å². The average molecular weight is 286 g/mol. The highest BCUT2D eigenvalue weighted by Gasteiger charge is 2.18. The fourth-order valence-corrected chi connectivity index (χ4v) is 3.44. The maximum Gasteiger partial charge on any atom is 0.106 e. The third-order valence-corrected chi connectivity index (χ3v) is 4.72. The zero-order chi connectivity index (χ0) is 14.8. The highest BCUT2D eigenvalue weighted by Crippen LogP contribution is 2.23. The Labute approximate surface area is 127 Å². The molecule has 114 valence electrons. The van der Waals surface area contributed by atoms with Crippen LogP contribution in [-0.2, 0) is 19.4 Å². The van der Waals surface area contributed by atoms with E-state index in [4.69, 9.17) is 10.1 Å². The standard InChI is InChI=1S/C17H26N4/c1-4-15(5-2)21-11-10-14(19-21)12-20-13(3)18-16-8-6-7-9-17(16)20/h10-11,15H,4-9,12H2,1-3H3. The van der Waals surface area contributed by atoms with Gasteiger partial charge in [0.25, 0.3) is 0 Å². The van der Waals surface area contributed by atoms with Crippen LogP contribution in [0, 0.1) is 6.92 Å². The molecule has 0 aliphatic heterocycles. The van der Waals surface area contributed by atoms with Crippen LogP contribution in [0.5, 0.6) is 0 Å². The van der Waals surface area contributed by atoms with Crippen LogP contribution in [-0.4, -0.2) is 19.3 Å². The SMILES string of the molecule is CCC(CC)n1ccc(Cn2c(C)nc3c2CCCC3)n1. The summed E-state index contributed by atoms with van der Waals surface area (Å²) >= 11 is 0. The molecule has 0 amide bonds. The molecule has 2 heterocycles. The molecule has 1 aliphatic rings. The van der Waals surface area contributed by atoms with Crippen molar-refractivity contribution in [3.63, 3.8) is 0 Å². The Hall–Kier alpha value is -1.58. The second-order valence-electron chi connectivity index (χ2n) is 6.10. The Kier molecular flexibility index (Phi) is 4.13. The molecule has 1 aliphatic carbocycles. The first-order chi connectivity index (χ1) is 10.2. The van der Waals surface area contributed by atoms with Crippen LogP contribution in [0.3, 0.4) is 0 Å². The fraction of sp³-hybridized carbons (Fsp3) is 0.647. The van der Waals surface area contributed by atoms with E-state index in [0.717, 1.165) is 37.3 Å². The molecule has 0 fully saturated rings. The van der Waals surface area contributed by atoms with Gasteiger partial charge in [0.15, 0.2) is 0 Å². The normalized spacial score (nSPS) is 14.7. The van der Waals surface area contributed by atoms with Gasteiger partial charge in [0.1, 0.15) is 5.82 Å². The Balaban J connectivity index is 1.82. The van der Waals surface area contributed by atoms with E-state index < -0.39 is 0 Å². The first-order valence-corrected chi connectivity index (χ1v) is 8.31. The molecular weight excluding hydrogens is 260 g/mol. The van der Waals surface area contributed by atoms with E-state index in [0.29, 0.717) is 6.04 Å². The molecule has 2 aromatic heterocycles. The maximum absolute atomic E-state index is 4.79. The lowest BCUT2D eigenvalue weighted by molar-refractivity contribution is 0.424. The third-order valence-electron chi connectivity index (χ3n) is 4.72. The quantitative estimate of drug-likeness (QED) is 0.840. The van der Waals surface area contributed by atoms with Crippen molar-refractivity contribution in [2.24, 2.45) is 0 Å². The number of hydrogen-bond acceptors (Lipinski definition) is 2. The van der Waals surface area contributed by atoms with Crippen LogP contribution in [0.1, 0.15) is 68.5 Å². The van der Waals surface area contributed by atoms with Gasteiger partial charge in [-0.25, -0.2) is 4.98 Å². The van der Waals surface area contributed by atoms with Crippen molar-refractivity contribution in [3.05, 3.63) is 35.2 Å². The first-order valence-electron chi connectivity index (χ1n) is 8.31. The molecule has 0 saturated heterocycles. The zero-order valence-electron chi connectivity index (χ0n) is 13.5. The summed E-state index contributed by atoms with van der Waals surface area (Å²) in [6, 6.07) is 2.68. The summed E-state index contributed by atoms with van der Waals surface area (Å²) in [7, 11) is 0. The Morgan fingerprint density at radius 1 is 1.19 bits per heavy atom. The molecule has 3 rings (SSSR count). The molecule has 4 nitrogen and oxygen atoms in total. The number of nitrogens with zero attached hydrogens (tertiary/aromatic N) is 4. The van der Waals surface area contributed by atoms with Gasteiger partial charge in [0, 0.05) is 11.9 Å². The summed E-state index contributed by atoms with van der Waals surface area (Å²) in [5, 5.41) is 4.79. The van der Waals surface area contributed by atoms with Crippen molar-refractivity contribution >= 4 is 0 Å². The zero-order valence-corrected chi connectivity index (χ0v) is 13.5. The van der Waals surface area contributed by atoms with Gasteiger partial charge in [-0.05, 0) is 51.5 Å². The number of aromatic nitrogens is 4. The van der Waals surface area contributed by atoms with Crippen LogP contribution < -0.4 is 0 Å². The molecule has 4 heteroatoms. The summed E-state index contributed by atoms with van der Waals surface area (Å²) in [4.78, 5) is 4.75. The van der Waals surface area contributed by atoms with Gasteiger partial charge in [0.05, 0.1) is 24.0 Å². The van der Waals surface area contributed by atoms with Crippen molar-refractivity contribution in [2.75, 3.05) is 0 Å². The number of aryl methyl sites for hydroxylation is 2. The lowest BCUT2D eigenvalue weighted by Crippen LogP contribution is -2.12. The number of imidazole rings is 1. The number of hydrogen-bond donors (Lipinski definition) is 0. The topological polar surface area (TPSA) is 35.6 Å². The second-order valence-corrected chi connectivity index (χ2v) is 6.10. The molecule has 0 radical (unpaired) electrons. The van der Waals surface area contributed by atoms with Crippen molar-refractivity contribution < 1.29 is 0 Å². The van der Waals surface area contributed by atoms with Gasteiger partial charge in [-0.1, -0.05) is 13.8 Å². The minimum Gasteiger partial charge on any atom is -0.326 e. The lowest BCUT2D eigenvalue weighted by Gasteiger charge is -2.14. The molecule has 2 aromatic rings. The van der Waals surface area contributed by atoms with Crippen LogP contribution >= 0.6 is 0 Å².